The molecule has 94 valence electrons. The Balaban J connectivity index is 2.42. The first kappa shape index (κ1) is 13.0. The smallest absolute Gasteiger partial charge is 0.399 e. The van der Waals surface area contributed by atoms with E-state index in [0.29, 0.717) is 5.46 Å². The predicted octanol–water partition coefficient (Wildman–Crippen LogP) is 1.39. The van der Waals surface area contributed by atoms with E-state index in [2.05, 4.69) is 4.98 Å². The SMILES string of the molecule is CC1(C)OB(c2cncc(F)c2C#N)OC1(C)C. The van der Waals surface area contributed by atoms with Crippen molar-refractivity contribution in [3.63, 3.8) is 0 Å². The third-order valence-corrected chi connectivity index (χ3v) is 3.55. The lowest BCUT2D eigenvalue weighted by molar-refractivity contribution is 0.00578. The minimum atomic E-state index is -0.771. The molecule has 1 aliphatic heterocycles. The molecule has 1 aromatic heterocycles. The normalized spacial score (nSPS) is 20.8. The maximum Gasteiger partial charge on any atom is 0.497 e. The average molecular weight is 248 g/mol. The number of nitriles is 1. The molecule has 4 nitrogen and oxygen atoms in total. The van der Waals surface area contributed by atoms with Crippen molar-refractivity contribution >= 4 is 12.6 Å². The van der Waals surface area contributed by atoms with Gasteiger partial charge in [-0.05, 0) is 27.7 Å². The first-order valence-corrected chi connectivity index (χ1v) is 5.67. The second-order valence-corrected chi connectivity index (χ2v) is 5.29. The predicted molar refractivity (Wildman–Crippen MR) is 64.6 cm³/mol. The fourth-order valence-electron chi connectivity index (χ4n) is 1.72. The van der Waals surface area contributed by atoms with Crippen LogP contribution in [0.5, 0.6) is 0 Å². The molecule has 0 bridgehead atoms. The van der Waals surface area contributed by atoms with Gasteiger partial charge in [-0.25, -0.2) is 4.39 Å². The van der Waals surface area contributed by atoms with Crippen LogP contribution in [0.3, 0.4) is 0 Å². The topological polar surface area (TPSA) is 55.1 Å². The number of hydrogen-bond donors (Lipinski definition) is 0. The van der Waals surface area contributed by atoms with Crippen LogP contribution in [-0.4, -0.2) is 23.3 Å². The van der Waals surface area contributed by atoms with Gasteiger partial charge in [-0.3, -0.25) is 4.98 Å². The zero-order chi connectivity index (χ0) is 13.6. The van der Waals surface area contributed by atoms with Gasteiger partial charge >= 0.3 is 7.12 Å². The monoisotopic (exact) mass is 248 g/mol. The van der Waals surface area contributed by atoms with Crippen LogP contribution < -0.4 is 5.46 Å². The summed E-state index contributed by atoms with van der Waals surface area (Å²) in [6.07, 6.45) is 2.41. The van der Waals surface area contributed by atoms with Gasteiger partial charge in [-0.1, -0.05) is 0 Å². The second-order valence-electron chi connectivity index (χ2n) is 5.29. The van der Waals surface area contributed by atoms with Gasteiger partial charge in [0.2, 0.25) is 0 Å². The summed E-state index contributed by atoms with van der Waals surface area (Å²) < 4.78 is 25.0. The summed E-state index contributed by atoms with van der Waals surface area (Å²) >= 11 is 0. The molecule has 0 atom stereocenters. The number of pyridine rings is 1. The molecule has 0 aromatic carbocycles. The molecule has 0 unspecified atom stereocenters. The van der Waals surface area contributed by atoms with Gasteiger partial charge in [-0.2, -0.15) is 5.26 Å². The summed E-state index contributed by atoms with van der Waals surface area (Å²) in [6, 6.07) is 1.82. The van der Waals surface area contributed by atoms with Gasteiger partial charge in [0.05, 0.1) is 23.0 Å². The molecule has 0 saturated carbocycles. The largest absolute Gasteiger partial charge is 0.497 e. The van der Waals surface area contributed by atoms with Crippen molar-refractivity contribution in [3.8, 4) is 6.07 Å². The Morgan fingerprint density at radius 1 is 1.22 bits per heavy atom. The highest BCUT2D eigenvalue weighted by atomic mass is 19.1. The van der Waals surface area contributed by atoms with E-state index in [1.165, 1.54) is 6.20 Å². The molecule has 1 aromatic rings. The van der Waals surface area contributed by atoms with Crippen LogP contribution in [-0.2, 0) is 9.31 Å². The Morgan fingerprint density at radius 2 is 1.78 bits per heavy atom. The fourth-order valence-corrected chi connectivity index (χ4v) is 1.72. The molecule has 0 spiro atoms. The van der Waals surface area contributed by atoms with Crippen molar-refractivity contribution in [2.24, 2.45) is 0 Å². The number of aromatic nitrogens is 1. The van der Waals surface area contributed by atoms with E-state index in [1.54, 1.807) is 0 Å². The lowest BCUT2D eigenvalue weighted by Crippen LogP contribution is -2.41. The van der Waals surface area contributed by atoms with Gasteiger partial charge in [0.1, 0.15) is 6.07 Å². The van der Waals surface area contributed by atoms with E-state index in [9.17, 15) is 4.39 Å². The van der Waals surface area contributed by atoms with Crippen LogP contribution in [0.15, 0.2) is 12.4 Å². The third kappa shape index (κ3) is 1.90. The van der Waals surface area contributed by atoms with E-state index >= 15 is 0 Å². The Hall–Kier alpha value is -1.45. The minimum absolute atomic E-state index is 0.0801. The standard InChI is InChI=1S/C12H14BFN2O2/c1-11(2)12(3,4)18-13(17-11)9-6-16-7-10(14)8(9)5-15/h6-7H,1-4H3. The molecule has 18 heavy (non-hydrogen) atoms. The lowest BCUT2D eigenvalue weighted by atomic mass is 9.77. The molecule has 2 heterocycles. The summed E-state index contributed by atoms with van der Waals surface area (Å²) in [5.41, 5.74) is -0.812. The second kappa shape index (κ2) is 4.04. The Morgan fingerprint density at radius 3 is 2.28 bits per heavy atom. The van der Waals surface area contributed by atoms with Gasteiger partial charge in [0.25, 0.3) is 0 Å². The summed E-state index contributed by atoms with van der Waals surface area (Å²) in [6.45, 7) is 7.58. The highest BCUT2D eigenvalue weighted by molar-refractivity contribution is 6.62. The van der Waals surface area contributed by atoms with Crippen molar-refractivity contribution in [1.82, 2.24) is 4.98 Å². The van der Waals surface area contributed by atoms with Gasteiger partial charge < -0.3 is 9.31 Å². The van der Waals surface area contributed by atoms with Crippen molar-refractivity contribution in [2.75, 3.05) is 0 Å². The fraction of sp³-hybridized carbons (Fsp3) is 0.500. The summed E-state index contributed by atoms with van der Waals surface area (Å²) in [5.74, 6) is -0.662. The third-order valence-electron chi connectivity index (χ3n) is 3.55. The quantitative estimate of drug-likeness (QED) is 0.704. The first-order chi connectivity index (χ1) is 8.28. The molecule has 0 N–H and O–H groups in total. The van der Waals surface area contributed by atoms with Crippen LogP contribution in [0.1, 0.15) is 33.3 Å². The van der Waals surface area contributed by atoms with E-state index in [-0.39, 0.29) is 5.56 Å². The molecule has 2 rings (SSSR count). The molecular formula is C12H14BFN2O2. The molecular weight excluding hydrogens is 234 g/mol. The summed E-state index contributed by atoms with van der Waals surface area (Å²) in [7, 11) is -0.771. The summed E-state index contributed by atoms with van der Waals surface area (Å²) in [4.78, 5) is 3.75. The van der Waals surface area contributed by atoms with Crippen LogP contribution in [0.2, 0.25) is 0 Å². The van der Waals surface area contributed by atoms with Crippen LogP contribution >= 0.6 is 0 Å². The minimum Gasteiger partial charge on any atom is -0.399 e. The van der Waals surface area contributed by atoms with E-state index < -0.39 is 24.1 Å². The van der Waals surface area contributed by atoms with E-state index in [4.69, 9.17) is 14.6 Å². The van der Waals surface area contributed by atoms with E-state index in [0.717, 1.165) is 6.20 Å². The van der Waals surface area contributed by atoms with Gasteiger partial charge in [-0.15, -0.1) is 0 Å². The maximum absolute atomic E-state index is 13.5. The van der Waals surface area contributed by atoms with Crippen molar-refractivity contribution < 1.29 is 13.7 Å². The van der Waals surface area contributed by atoms with Crippen molar-refractivity contribution in [1.29, 1.82) is 5.26 Å². The van der Waals surface area contributed by atoms with E-state index in [1.807, 2.05) is 33.8 Å². The molecule has 1 saturated heterocycles. The highest BCUT2D eigenvalue weighted by Crippen LogP contribution is 2.36. The zero-order valence-corrected chi connectivity index (χ0v) is 10.8. The molecule has 0 amide bonds. The first-order valence-electron chi connectivity index (χ1n) is 5.67. The molecule has 6 heteroatoms. The number of rotatable bonds is 1. The zero-order valence-electron chi connectivity index (χ0n) is 10.8. The van der Waals surface area contributed by atoms with Crippen LogP contribution in [0, 0.1) is 17.1 Å². The number of nitrogens with zero attached hydrogens (tertiary/aromatic N) is 2. The Kier molecular flexibility index (Phi) is 2.92. The molecule has 0 aliphatic carbocycles. The van der Waals surface area contributed by atoms with Crippen LogP contribution in [0.25, 0.3) is 0 Å². The van der Waals surface area contributed by atoms with Crippen molar-refractivity contribution in [3.05, 3.63) is 23.8 Å². The van der Waals surface area contributed by atoms with Gasteiger partial charge in [0.15, 0.2) is 5.82 Å². The average Bonchev–Trinajstić information content (AvgIpc) is 2.47. The van der Waals surface area contributed by atoms with Gasteiger partial charge in [0, 0.05) is 11.7 Å². The Labute approximate surface area is 106 Å². The Bertz CT molecular complexity index is 509. The summed E-state index contributed by atoms with van der Waals surface area (Å²) in [5, 5.41) is 8.99. The number of hydrogen-bond acceptors (Lipinski definition) is 4. The lowest BCUT2D eigenvalue weighted by Gasteiger charge is -2.32. The maximum atomic E-state index is 13.5. The molecule has 0 radical (unpaired) electrons. The number of halogens is 1. The van der Waals surface area contributed by atoms with Crippen molar-refractivity contribution in [2.45, 2.75) is 38.9 Å². The van der Waals surface area contributed by atoms with Crippen LogP contribution in [0.4, 0.5) is 4.39 Å². The highest BCUT2D eigenvalue weighted by Gasteiger charge is 2.52. The molecule has 1 fully saturated rings. The molecule has 1 aliphatic rings.